The van der Waals surface area contributed by atoms with E-state index in [0.29, 0.717) is 18.3 Å². The predicted octanol–water partition coefficient (Wildman–Crippen LogP) is 1.46. The van der Waals surface area contributed by atoms with Gasteiger partial charge in [-0.25, -0.2) is 4.68 Å². The van der Waals surface area contributed by atoms with E-state index in [4.69, 9.17) is 0 Å². The molecular weight excluding hydrogens is 254 g/mol. The fourth-order valence-corrected chi connectivity index (χ4v) is 2.65. The van der Waals surface area contributed by atoms with Crippen molar-refractivity contribution in [2.75, 3.05) is 19.6 Å². The maximum atomic E-state index is 12.5. The van der Waals surface area contributed by atoms with Crippen molar-refractivity contribution in [3.8, 4) is 0 Å². The Balaban J connectivity index is 2.08. The number of carbonyl (C=O) groups is 1. The first-order valence-corrected chi connectivity index (χ1v) is 7.60. The fraction of sp³-hybridized carbons (Fsp3) is 0.786. The van der Waals surface area contributed by atoms with Gasteiger partial charge in [0.2, 0.25) is 0 Å². The summed E-state index contributed by atoms with van der Waals surface area (Å²) in [5, 5.41) is 11.6. The van der Waals surface area contributed by atoms with Crippen LogP contribution >= 0.6 is 0 Å². The molecule has 112 valence electrons. The van der Waals surface area contributed by atoms with E-state index in [1.54, 1.807) is 0 Å². The summed E-state index contributed by atoms with van der Waals surface area (Å²) in [6.07, 6.45) is 4.84. The Morgan fingerprint density at radius 2 is 2.20 bits per heavy atom. The van der Waals surface area contributed by atoms with Gasteiger partial charge in [0.25, 0.3) is 5.91 Å². The second-order valence-corrected chi connectivity index (χ2v) is 5.41. The van der Waals surface area contributed by atoms with Gasteiger partial charge in [0.15, 0.2) is 5.69 Å². The van der Waals surface area contributed by atoms with Crippen molar-refractivity contribution in [2.24, 2.45) is 0 Å². The molecule has 0 saturated carbocycles. The molecule has 2 rings (SSSR count). The molecule has 6 heteroatoms. The third kappa shape index (κ3) is 3.17. The van der Waals surface area contributed by atoms with E-state index >= 15 is 0 Å². The number of aromatic nitrogens is 3. The van der Waals surface area contributed by atoms with Gasteiger partial charge in [-0.15, -0.1) is 5.10 Å². The molecule has 1 aromatic heterocycles. The van der Waals surface area contributed by atoms with Gasteiger partial charge in [0.1, 0.15) is 0 Å². The van der Waals surface area contributed by atoms with Crippen LogP contribution in [0.3, 0.4) is 0 Å². The molecule has 0 bridgehead atoms. The Hall–Kier alpha value is -1.43. The minimum absolute atomic E-state index is 0.0120. The zero-order valence-electron chi connectivity index (χ0n) is 12.7. The minimum atomic E-state index is -0.0120. The molecule has 2 heterocycles. The van der Waals surface area contributed by atoms with Crippen LogP contribution in [-0.4, -0.2) is 51.5 Å². The largest absolute Gasteiger partial charge is 0.335 e. The Morgan fingerprint density at radius 3 is 2.80 bits per heavy atom. The van der Waals surface area contributed by atoms with E-state index in [1.165, 1.54) is 0 Å². The highest BCUT2D eigenvalue weighted by Gasteiger charge is 2.23. The van der Waals surface area contributed by atoms with Crippen LogP contribution in [0.15, 0.2) is 6.20 Å². The molecule has 1 saturated heterocycles. The second-order valence-electron chi connectivity index (χ2n) is 5.41. The van der Waals surface area contributed by atoms with E-state index in [2.05, 4.69) is 29.5 Å². The fourth-order valence-electron chi connectivity index (χ4n) is 2.65. The normalized spacial score (nSPS) is 17.9. The lowest BCUT2D eigenvalue weighted by atomic mass is 10.1. The third-order valence-corrected chi connectivity index (χ3v) is 4.14. The lowest BCUT2D eigenvalue weighted by Crippen LogP contribution is -2.38. The maximum absolute atomic E-state index is 12.5. The summed E-state index contributed by atoms with van der Waals surface area (Å²) in [6.45, 7) is 8.87. The van der Waals surface area contributed by atoms with Gasteiger partial charge in [-0.3, -0.25) is 4.79 Å². The van der Waals surface area contributed by atoms with Crippen LogP contribution in [0.1, 0.15) is 56.6 Å². The van der Waals surface area contributed by atoms with E-state index in [0.717, 1.165) is 32.4 Å². The number of piperidine rings is 1. The maximum Gasteiger partial charge on any atom is 0.276 e. The smallest absolute Gasteiger partial charge is 0.276 e. The summed E-state index contributed by atoms with van der Waals surface area (Å²) < 4.78 is 1.86. The SMILES string of the molecule is CCC(C)N(CC)C(=O)c1cn(C2CCNCC2)nn1. The van der Waals surface area contributed by atoms with Crippen LogP contribution in [-0.2, 0) is 0 Å². The molecule has 1 aromatic rings. The monoisotopic (exact) mass is 279 g/mol. The number of amides is 1. The molecular formula is C14H25N5O. The van der Waals surface area contributed by atoms with Gasteiger partial charge in [0.05, 0.1) is 12.2 Å². The summed E-state index contributed by atoms with van der Waals surface area (Å²) in [4.78, 5) is 14.3. The third-order valence-electron chi connectivity index (χ3n) is 4.14. The van der Waals surface area contributed by atoms with Crippen LogP contribution in [0.4, 0.5) is 0 Å². The van der Waals surface area contributed by atoms with E-state index in [-0.39, 0.29) is 11.9 Å². The zero-order chi connectivity index (χ0) is 14.5. The molecule has 1 fully saturated rings. The summed E-state index contributed by atoms with van der Waals surface area (Å²) in [7, 11) is 0. The molecule has 1 unspecified atom stereocenters. The number of rotatable bonds is 5. The standard InChI is InChI=1S/C14H25N5O/c1-4-11(3)18(5-2)14(20)13-10-19(17-16-13)12-6-8-15-9-7-12/h10-12,15H,4-9H2,1-3H3. The molecule has 1 aliphatic rings. The summed E-state index contributed by atoms with van der Waals surface area (Å²) in [5.74, 6) is -0.0120. The Morgan fingerprint density at radius 1 is 1.50 bits per heavy atom. The summed E-state index contributed by atoms with van der Waals surface area (Å²) in [6, 6.07) is 0.598. The highest BCUT2D eigenvalue weighted by molar-refractivity contribution is 5.92. The predicted molar refractivity (Wildman–Crippen MR) is 77.6 cm³/mol. The molecule has 20 heavy (non-hydrogen) atoms. The van der Waals surface area contributed by atoms with Crippen LogP contribution in [0.25, 0.3) is 0 Å². The molecule has 1 aliphatic heterocycles. The van der Waals surface area contributed by atoms with Gasteiger partial charge >= 0.3 is 0 Å². The van der Waals surface area contributed by atoms with Crippen molar-refractivity contribution < 1.29 is 4.79 Å². The molecule has 0 spiro atoms. The highest BCUT2D eigenvalue weighted by Crippen LogP contribution is 2.18. The molecule has 6 nitrogen and oxygen atoms in total. The average molecular weight is 279 g/mol. The topological polar surface area (TPSA) is 63.1 Å². The molecule has 0 radical (unpaired) electrons. The molecule has 1 N–H and O–H groups in total. The summed E-state index contributed by atoms with van der Waals surface area (Å²) >= 11 is 0. The van der Waals surface area contributed by atoms with Crippen molar-refractivity contribution in [3.63, 3.8) is 0 Å². The summed E-state index contributed by atoms with van der Waals surface area (Å²) in [5.41, 5.74) is 0.464. The Labute approximate surface area is 120 Å². The van der Waals surface area contributed by atoms with Gasteiger partial charge in [-0.05, 0) is 46.2 Å². The van der Waals surface area contributed by atoms with E-state index < -0.39 is 0 Å². The van der Waals surface area contributed by atoms with Crippen molar-refractivity contribution in [3.05, 3.63) is 11.9 Å². The Bertz CT molecular complexity index is 439. The van der Waals surface area contributed by atoms with Crippen molar-refractivity contribution in [1.29, 1.82) is 0 Å². The van der Waals surface area contributed by atoms with Crippen molar-refractivity contribution >= 4 is 5.91 Å². The number of hydrogen-bond acceptors (Lipinski definition) is 4. The number of hydrogen-bond donors (Lipinski definition) is 1. The van der Waals surface area contributed by atoms with Crippen LogP contribution in [0.2, 0.25) is 0 Å². The first-order valence-electron chi connectivity index (χ1n) is 7.60. The van der Waals surface area contributed by atoms with Gasteiger partial charge in [0, 0.05) is 12.6 Å². The van der Waals surface area contributed by atoms with Crippen molar-refractivity contribution in [1.82, 2.24) is 25.2 Å². The molecule has 0 aromatic carbocycles. The van der Waals surface area contributed by atoms with Crippen LogP contribution in [0, 0.1) is 0 Å². The molecule has 1 amide bonds. The lowest BCUT2D eigenvalue weighted by Gasteiger charge is -2.26. The zero-order valence-corrected chi connectivity index (χ0v) is 12.7. The first kappa shape index (κ1) is 15.0. The highest BCUT2D eigenvalue weighted by atomic mass is 16.2. The number of nitrogens with zero attached hydrogens (tertiary/aromatic N) is 4. The molecule has 1 atom stereocenters. The van der Waals surface area contributed by atoms with Crippen LogP contribution < -0.4 is 5.32 Å². The van der Waals surface area contributed by atoms with E-state index in [1.807, 2.05) is 22.7 Å². The minimum Gasteiger partial charge on any atom is -0.335 e. The average Bonchev–Trinajstić information content (AvgIpc) is 2.98. The number of carbonyl (C=O) groups excluding carboxylic acids is 1. The quantitative estimate of drug-likeness (QED) is 0.886. The second kappa shape index (κ2) is 6.83. The Kier molecular flexibility index (Phi) is 5.11. The van der Waals surface area contributed by atoms with Gasteiger partial charge < -0.3 is 10.2 Å². The van der Waals surface area contributed by atoms with Crippen LogP contribution in [0.5, 0.6) is 0 Å². The van der Waals surface area contributed by atoms with E-state index in [9.17, 15) is 4.79 Å². The first-order chi connectivity index (χ1) is 9.67. The van der Waals surface area contributed by atoms with Gasteiger partial charge in [-0.2, -0.15) is 0 Å². The number of nitrogens with one attached hydrogen (secondary N) is 1. The van der Waals surface area contributed by atoms with Gasteiger partial charge in [-0.1, -0.05) is 12.1 Å². The van der Waals surface area contributed by atoms with Crippen molar-refractivity contribution in [2.45, 2.75) is 52.1 Å². The lowest BCUT2D eigenvalue weighted by molar-refractivity contribution is 0.0693. The molecule has 0 aliphatic carbocycles.